The minimum atomic E-state index is -0.646. The Morgan fingerprint density at radius 3 is 3.05 bits per heavy atom. The van der Waals surface area contributed by atoms with Crippen molar-refractivity contribution in [2.45, 2.75) is 19.1 Å². The summed E-state index contributed by atoms with van der Waals surface area (Å²) in [6.07, 6.45) is 3.73. The van der Waals surface area contributed by atoms with Crippen LogP contribution in [0.4, 0.5) is 5.82 Å². The number of aryl methyl sites for hydroxylation is 1. The standard InChI is InChI=1S/C13H16N6O2/c1-8-2-12(17-7-15-8)19-4-10(11(20)5-19)18-13(21)9-3-14-6-16-9/h2-3,6-7,10-11,20H,4-5H2,1H3,(H,14,16)(H,18,21)/t10-,11-/m1/s1. The molecule has 2 atom stereocenters. The van der Waals surface area contributed by atoms with Gasteiger partial charge in [-0.15, -0.1) is 0 Å². The molecule has 3 heterocycles. The number of aliphatic hydroxyl groups is 1. The van der Waals surface area contributed by atoms with Gasteiger partial charge >= 0.3 is 0 Å². The van der Waals surface area contributed by atoms with Gasteiger partial charge in [0, 0.05) is 24.8 Å². The van der Waals surface area contributed by atoms with Gasteiger partial charge in [0.05, 0.1) is 24.7 Å². The van der Waals surface area contributed by atoms with Crippen LogP contribution in [0.25, 0.3) is 0 Å². The molecular formula is C13H16N6O2. The molecule has 3 N–H and O–H groups in total. The Labute approximate surface area is 121 Å². The minimum Gasteiger partial charge on any atom is -0.389 e. The van der Waals surface area contributed by atoms with Crippen LogP contribution in [0.2, 0.25) is 0 Å². The number of H-pyrrole nitrogens is 1. The highest BCUT2D eigenvalue weighted by molar-refractivity contribution is 5.92. The van der Waals surface area contributed by atoms with Crippen molar-refractivity contribution in [1.82, 2.24) is 25.3 Å². The summed E-state index contributed by atoms with van der Waals surface area (Å²) in [4.78, 5) is 28.7. The van der Waals surface area contributed by atoms with Gasteiger partial charge in [0.1, 0.15) is 17.8 Å². The number of nitrogens with zero attached hydrogens (tertiary/aromatic N) is 4. The van der Waals surface area contributed by atoms with Gasteiger partial charge in [-0.3, -0.25) is 4.79 Å². The highest BCUT2D eigenvalue weighted by Gasteiger charge is 2.33. The zero-order valence-corrected chi connectivity index (χ0v) is 11.5. The fourth-order valence-electron chi connectivity index (χ4n) is 2.36. The maximum atomic E-state index is 12.0. The van der Waals surface area contributed by atoms with E-state index in [9.17, 15) is 9.90 Å². The third-order valence-corrected chi connectivity index (χ3v) is 3.46. The van der Waals surface area contributed by atoms with Crippen molar-refractivity contribution in [3.8, 4) is 0 Å². The summed E-state index contributed by atoms with van der Waals surface area (Å²) in [5.74, 6) is 0.470. The highest BCUT2D eigenvalue weighted by atomic mass is 16.3. The third-order valence-electron chi connectivity index (χ3n) is 3.46. The second-order valence-corrected chi connectivity index (χ2v) is 5.04. The predicted octanol–water partition coefficient (Wildman–Crippen LogP) is -0.512. The van der Waals surface area contributed by atoms with E-state index in [0.717, 1.165) is 11.5 Å². The van der Waals surface area contributed by atoms with Crippen LogP contribution in [0.3, 0.4) is 0 Å². The van der Waals surface area contributed by atoms with Crippen LogP contribution in [0.5, 0.6) is 0 Å². The van der Waals surface area contributed by atoms with Crippen LogP contribution in [-0.2, 0) is 0 Å². The fraction of sp³-hybridized carbons (Fsp3) is 0.385. The third kappa shape index (κ3) is 2.84. The second kappa shape index (κ2) is 5.49. The molecule has 0 radical (unpaired) electrons. The number of aliphatic hydroxyl groups excluding tert-OH is 1. The Morgan fingerprint density at radius 2 is 2.33 bits per heavy atom. The molecule has 0 bridgehead atoms. The summed E-state index contributed by atoms with van der Waals surface area (Å²) >= 11 is 0. The van der Waals surface area contributed by atoms with Crippen molar-refractivity contribution >= 4 is 11.7 Å². The van der Waals surface area contributed by atoms with Gasteiger partial charge in [-0.25, -0.2) is 15.0 Å². The summed E-state index contributed by atoms with van der Waals surface area (Å²) < 4.78 is 0. The molecule has 0 aliphatic carbocycles. The molecule has 110 valence electrons. The zero-order chi connectivity index (χ0) is 14.8. The summed E-state index contributed by atoms with van der Waals surface area (Å²) in [6, 6.07) is 1.50. The molecule has 0 aromatic carbocycles. The van der Waals surface area contributed by atoms with Gasteiger partial charge in [0.25, 0.3) is 5.91 Å². The molecule has 3 rings (SSSR count). The quantitative estimate of drug-likeness (QED) is 0.702. The lowest BCUT2D eigenvalue weighted by molar-refractivity contribution is 0.0884. The average molecular weight is 288 g/mol. The maximum absolute atomic E-state index is 12.0. The van der Waals surface area contributed by atoms with Crippen LogP contribution in [0, 0.1) is 6.92 Å². The Bertz CT molecular complexity index is 629. The van der Waals surface area contributed by atoms with E-state index in [4.69, 9.17) is 0 Å². The van der Waals surface area contributed by atoms with Gasteiger partial charge in [-0.2, -0.15) is 0 Å². The topological polar surface area (TPSA) is 107 Å². The van der Waals surface area contributed by atoms with Crippen LogP contribution in [-0.4, -0.2) is 56.2 Å². The van der Waals surface area contributed by atoms with Crippen LogP contribution in [0.1, 0.15) is 16.2 Å². The number of hydrogen-bond acceptors (Lipinski definition) is 6. The predicted molar refractivity (Wildman–Crippen MR) is 74.8 cm³/mol. The molecule has 1 amide bonds. The summed E-state index contributed by atoms with van der Waals surface area (Å²) in [6.45, 7) is 2.80. The van der Waals surface area contributed by atoms with Crippen LogP contribution in [0.15, 0.2) is 24.9 Å². The molecule has 8 nitrogen and oxygen atoms in total. The summed E-state index contributed by atoms with van der Waals surface area (Å²) in [5.41, 5.74) is 1.23. The maximum Gasteiger partial charge on any atom is 0.269 e. The van der Waals surface area contributed by atoms with E-state index in [0.29, 0.717) is 18.8 Å². The highest BCUT2D eigenvalue weighted by Crippen LogP contribution is 2.18. The molecule has 2 aromatic rings. The van der Waals surface area contributed by atoms with E-state index >= 15 is 0 Å². The molecule has 1 aliphatic rings. The van der Waals surface area contributed by atoms with E-state index < -0.39 is 6.10 Å². The minimum absolute atomic E-state index is 0.280. The van der Waals surface area contributed by atoms with Gasteiger partial charge in [0.2, 0.25) is 0 Å². The first-order valence-corrected chi connectivity index (χ1v) is 6.64. The fourth-order valence-corrected chi connectivity index (χ4v) is 2.36. The molecule has 0 unspecified atom stereocenters. The first-order valence-electron chi connectivity index (χ1n) is 6.64. The number of imidazole rings is 1. The number of carbonyl (C=O) groups is 1. The smallest absolute Gasteiger partial charge is 0.269 e. The Hall–Kier alpha value is -2.48. The number of nitrogens with one attached hydrogen (secondary N) is 2. The number of anilines is 1. The van der Waals surface area contributed by atoms with Crippen molar-refractivity contribution in [2.75, 3.05) is 18.0 Å². The summed E-state index contributed by atoms with van der Waals surface area (Å²) in [5, 5.41) is 12.9. The lowest BCUT2D eigenvalue weighted by Crippen LogP contribution is -2.43. The molecule has 8 heteroatoms. The van der Waals surface area contributed by atoms with E-state index in [2.05, 4.69) is 25.3 Å². The van der Waals surface area contributed by atoms with Crippen molar-refractivity contribution in [1.29, 1.82) is 0 Å². The van der Waals surface area contributed by atoms with E-state index in [1.807, 2.05) is 17.9 Å². The molecule has 1 fully saturated rings. The van der Waals surface area contributed by atoms with Gasteiger partial charge in [-0.05, 0) is 6.92 Å². The number of aromatic amines is 1. The Balaban J connectivity index is 1.67. The lowest BCUT2D eigenvalue weighted by atomic mass is 10.2. The Morgan fingerprint density at radius 1 is 1.48 bits per heavy atom. The second-order valence-electron chi connectivity index (χ2n) is 5.04. The molecule has 1 saturated heterocycles. The van der Waals surface area contributed by atoms with Gasteiger partial charge in [0.15, 0.2) is 0 Å². The van der Waals surface area contributed by atoms with E-state index in [1.54, 1.807) is 0 Å². The monoisotopic (exact) mass is 288 g/mol. The SMILES string of the molecule is Cc1cc(N2C[C@@H](O)[C@H](NC(=O)c3cnc[nH]3)C2)ncn1. The Kier molecular flexibility index (Phi) is 3.53. The normalized spacial score (nSPS) is 21.5. The lowest BCUT2D eigenvalue weighted by Gasteiger charge is -2.17. The van der Waals surface area contributed by atoms with E-state index in [1.165, 1.54) is 18.9 Å². The van der Waals surface area contributed by atoms with Crippen molar-refractivity contribution < 1.29 is 9.90 Å². The number of rotatable bonds is 3. The molecule has 0 saturated carbocycles. The molecule has 2 aromatic heterocycles. The van der Waals surface area contributed by atoms with E-state index in [-0.39, 0.29) is 11.9 Å². The molecule has 21 heavy (non-hydrogen) atoms. The number of carbonyl (C=O) groups excluding carboxylic acids is 1. The summed E-state index contributed by atoms with van der Waals surface area (Å²) in [7, 11) is 0. The zero-order valence-electron chi connectivity index (χ0n) is 11.5. The number of aromatic nitrogens is 4. The molecular weight excluding hydrogens is 272 g/mol. The van der Waals surface area contributed by atoms with Crippen LogP contribution < -0.4 is 10.2 Å². The van der Waals surface area contributed by atoms with Crippen molar-refractivity contribution in [2.24, 2.45) is 0 Å². The average Bonchev–Trinajstić information content (AvgIpc) is 3.09. The van der Waals surface area contributed by atoms with Crippen molar-refractivity contribution in [3.63, 3.8) is 0 Å². The molecule has 1 aliphatic heterocycles. The van der Waals surface area contributed by atoms with Crippen molar-refractivity contribution in [3.05, 3.63) is 36.3 Å². The molecule has 0 spiro atoms. The number of β-amino-alcohol motifs (C(OH)–C–C–N with tert-alkyl or cyclic N) is 1. The van der Waals surface area contributed by atoms with Crippen LogP contribution >= 0.6 is 0 Å². The van der Waals surface area contributed by atoms with Gasteiger partial charge in [-0.1, -0.05) is 0 Å². The first kappa shape index (κ1) is 13.5. The first-order chi connectivity index (χ1) is 10.1. The van der Waals surface area contributed by atoms with Gasteiger partial charge < -0.3 is 20.3 Å². The largest absolute Gasteiger partial charge is 0.389 e. The number of amides is 1. The number of hydrogen-bond donors (Lipinski definition) is 3.